The number of imide groups is 1. The maximum absolute atomic E-state index is 14.1. The number of nitro benzene ring substituents is 1. The molecule has 0 N–H and O–H groups in total. The van der Waals surface area contributed by atoms with Gasteiger partial charge in [0.1, 0.15) is 10.9 Å². The van der Waals surface area contributed by atoms with Crippen LogP contribution in [0.3, 0.4) is 0 Å². The number of nitro groups is 1. The summed E-state index contributed by atoms with van der Waals surface area (Å²) < 4.78 is 5.05. The minimum absolute atomic E-state index is 0.0854. The average molecular weight is 534 g/mol. The van der Waals surface area contributed by atoms with Crippen LogP contribution in [-0.2, 0) is 32.0 Å². The number of fused-ring (bicyclic) bond motifs is 2. The number of hydrogen-bond donors (Lipinski definition) is 0. The van der Waals surface area contributed by atoms with E-state index in [4.69, 9.17) is 9.57 Å². The lowest BCUT2D eigenvalue weighted by atomic mass is 9.90. The summed E-state index contributed by atoms with van der Waals surface area (Å²) in [5.41, 5.74) is 2.27. The number of hydroxylamine groups is 1. The fourth-order valence-corrected chi connectivity index (χ4v) is 6.95. The first-order valence-electron chi connectivity index (χ1n) is 12.3. The Labute approximate surface area is 221 Å². The van der Waals surface area contributed by atoms with E-state index in [-0.39, 0.29) is 16.3 Å². The van der Waals surface area contributed by atoms with E-state index in [1.807, 2.05) is 18.2 Å². The molecular weight excluding hydrogens is 510 g/mol. The van der Waals surface area contributed by atoms with Crippen molar-refractivity contribution in [3.8, 4) is 0 Å². The monoisotopic (exact) mass is 533 g/mol. The molecule has 2 saturated heterocycles. The lowest BCUT2D eigenvalue weighted by Crippen LogP contribution is -2.37. The molecule has 194 valence electrons. The van der Waals surface area contributed by atoms with Crippen LogP contribution in [0.25, 0.3) is 0 Å². The van der Waals surface area contributed by atoms with Crippen LogP contribution in [0.15, 0.2) is 54.6 Å². The maximum Gasteiger partial charge on any atom is 0.341 e. The SMILES string of the molecule is COC(=O)c1c(N2C(=O)[C@@H]3[C@H](ON(c4ccccc4)[C@H]3c3ccc([N+](=O)[O-])cc3)C2=O)sc2c1CCCC2. The predicted molar refractivity (Wildman–Crippen MR) is 138 cm³/mol. The van der Waals surface area contributed by atoms with Gasteiger partial charge >= 0.3 is 5.97 Å². The molecule has 6 rings (SSSR count). The number of ether oxygens (including phenoxy) is 1. The van der Waals surface area contributed by atoms with Gasteiger partial charge in [0.05, 0.1) is 29.3 Å². The Kier molecular flexibility index (Phi) is 5.96. The third kappa shape index (κ3) is 3.69. The highest BCUT2D eigenvalue weighted by molar-refractivity contribution is 7.17. The van der Waals surface area contributed by atoms with Crippen molar-refractivity contribution in [3.05, 3.63) is 86.3 Å². The summed E-state index contributed by atoms with van der Waals surface area (Å²) in [6, 6.07) is 14.2. The Morgan fingerprint density at radius 1 is 1.05 bits per heavy atom. The summed E-state index contributed by atoms with van der Waals surface area (Å²) in [7, 11) is 1.28. The van der Waals surface area contributed by atoms with E-state index in [0.29, 0.717) is 17.7 Å². The third-order valence-electron chi connectivity index (χ3n) is 7.32. The molecule has 0 unspecified atom stereocenters. The van der Waals surface area contributed by atoms with E-state index in [1.165, 1.54) is 35.6 Å². The van der Waals surface area contributed by atoms with Gasteiger partial charge in [-0.3, -0.25) is 24.5 Å². The Hall–Kier alpha value is -4.09. The summed E-state index contributed by atoms with van der Waals surface area (Å²) in [5, 5.41) is 13.0. The van der Waals surface area contributed by atoms with Crippen LogP contribution in [0.4, 0.5) is 16.4 Å². The summed E-state index contributed by atoms with van der Waals surface area (Å²) >= 11 is 1.29. The van der Waals surface area contributed by atoms with Gasteiger partial charge in [-0.15, -0.1) is 11.3 Å². The van der Waals surface area contributed by atoms with Crippen molar-refractivity contribution >= 4 is 45.5 Å². The number of hydrogen-bond acceptors (Lipinski definition) is 9. The minimum atomic E-state index is -1.12. The predicted octanol–water partition coefficient (Wildman–Crippen LogP) is 4.37. The lowest BCUT2D eigenvalue weighted by Gasteiger charge is -2.28. The number of benzene rings is 2. The molecular formula is C27H23N3O7S. The molecule has 1 aromatic heterocycles. The highest BCUT2D eigenvalue weighted by Gasteiger charge is 2.61. The number of methoxy groups -OCH3 is 1. The molecule has 0 bridgehead atoms. The molecule has 11 heteroatoms. The van der Waals surface area contributed by atoms with Crippen molar-refractivity contribution < 1.29 is 28.9 Å². The molecule has 3 atom stereocenters. The molecule has 1 aliphatic carbocycles. The van der Waals surface area contributed by atoms with E-state index in [1.54, 1.807) is 24.3 Å². The quantitative estimate of drug-likeness (QED) is 0.205. The van der Waals surface area contributed by atoms with Gasteiger partial charge in [0.2, 0.25) is 5.91 Å². The molecule has 2 fully saturated rings. The molecule has 2 amide bonds. The first-order valence-corrected chi connectivity index (χ1v) is 13.1. The topological polar surface area (TPSA) is 119 Å². The number of para-hydroxylation sites is 1. The van der Waals surface area contributed by atoms with Crippen LogP contribution in [0.1, 0.15) is 45.2 Å². The molecule has 38 heavy (non-hydrogen) atoms. The van der Waals surface area contributed by atoms with Crippen molar-refractivity contribution in [2.45, 2.75) is 37.8 Å². The van der Waals surface area contributed by atoms with Crippen molar-refractivity contribution in [2.75, 3.05) is 17.1 Å². The molecule has 0 saturated carbocycles. The number of anilines is 2. The number of non-ortho nitro benzene ring substituents is 1. The molecule has 2 aromatic carbocycles. The zero-order valence-electron chi connectivity index (χ0n) is 20.4. The smallest absolute Gasteiger partial charge is 0.341 e. The summed E-state index contributed by atoms with van der Waals surface area (Å²) in [6.07, 6.45) is 2.22. The lowest BCUT2D eigenvalue weighted by molar-refractivity contribution is -0.384. The Morgan fingerprint density at radius 3 is 2.45 bits per heavy atom. The molecule has 0 spiro atoms. The summed E-state index contributed by atoms with van der Waals surface area (Å²) in [6.45, 7) is 0. The van der Waals surface area contributed by atoms with Crippen molar-refractivity contribution in [1.82, 2.24) is 0 Å². The number of amides is 2. The fourth-order valence-electron chi connectivity index (χ4n) is 5.57. The van der Waals surface area contributed by atoms with E-state index in [0.717, 1.165) is 34.6 Å². The Balaban J connectivity index is 1.44. The van der Waals surface area contributed by atoms with Crippen LogP contribution in [0.5, 0.6) is 0 Å². The molecule has 0 radical (unpaired) electrons. The number of aryl methyl sites for hydroxylation is 1. The van der Waals surface area contributed by atoms with E-state index >= 15 is 0 Å². The highest BCUT2D eigenvalue weighted by atomic mass is 32.1. The number of carbonyl (C=O) groups excluding carboxylic acids is 3. The third-order valence-corrected chi connectivity index (χ3v) is 8.59. The van der Waals surface area contributed by atoms with Crippen LogP contribution < -0.4 is 9.96 Å². The van der Waals surface area contributed by atoms with Gasteiger partial charge < -0.3 is 4.74 Å². The van der Waals surface area contributed by atoms with Gasteiger partial charge in [0.25, 0.3) is 11.6 Å². The van der Waals surface area contributed by atoms with Crippen LogP contribution in [0.2, 0.25) is 0 Å². The van der Waals surface area contributed by atoms with Gasteiger partial charge in [-0.05, 0) is 48.9 Å². The Morgan fingerprint density at radius 2 is 1.76 bits per heavy atom. The first-order chi connectivity index (χ1) is 18.4. The standard InChI is InChI=1S/C27H23N3O7S/c1-36-27(33)20-18-9-5-6-10-19(18)38-26(20)28-24(31)21-22(15-11-13-17(14-12-15)30(34)35)29(37-23(21)25(28)32)16-7-3-2-4-8-16/h2-4,7-8,11-14,21-23H,5-6,9-10H2,1H3/t21-,22-,23-/m0/s1. The van der Waals surface area contributed by atoms with E-state index < -0.39 is 40.8 Å². The largest absolute Gasteiger partial charge is 0.465 e. The van der Waals surface area contributed by atoms with Crippen LogP contribution in [-0.4, -0.2) is 35.9 Å². The molecule has 3 heterocycles. The van der Waals surface area contributed by atoms with Gasteiger partial charge in [-0.2, -0.15) is 0 Å². The van der Waals surface area contributed by atoms with Gasteiger partial charge in [0.15, 0.2) is 6.10 Å². The van der Waals surface area contributed by atoms with Crippen molar-refractivity contribution in [1.29, 1.82) is 0 Å². The fraction of sp³-hybridized carbons (Fsp3) is 0.296. The van der Waals surface area contributed by atoms with Crippen LogP contribution in [0, 0.1) is 16.0 Å². The second kappa shape index (κ2) is 9.34. The number of carbonyl (C=O) groups is 3. The maximum atomic E-state index is 14.1. The van der Waals surface area contributed by atoms with Crippen LogP contribution >= 0.6 is 11.3 Å². The average Bonchev–Trinajstić information content (AvgIpc) is 3.59. The summed E-state index contributed by atoms with van der Waals surface area (Å²) in [5.74, 6) is -2.52. The van der Waals surface area contributed by atoms with Gasteiger partial charge in [0, 0.05) is 17.0 Å². The van der Waals surface area contributed by atoms with Gasteiger partial charge in [-0.25, -0.2) is 14.8 Å². The summed E-state index contributed by atoms with van der Waals surface area (Å²) in [4.78, 5) is 59.6. The second-order valence-corrected chi connectivity index (χ2v) is 10.5. The second-order valence-electron chi connectivity index (χ2n) is 9.40. The Bertz CT molecular complexity index is 1450. The number of rotatable bonds is 5. The first kappa shape index (κ1) is 24.3. The zero-order chi connectivity index (χ0) is 26.6. The van der Waals surface area contributed by atoms with Crippen molar-refractivity contribution in [2.24, 2.45) is 5.92 Å². The van der Waals surface area contributed by atoms with E-state index in [9.17, 15) is 24.5 Å². The number of esters is 1. The molecule has 10 nitrogen and oxygen atoms in total. The van der Waals surface area contributed by atoms with E-state index in [2.05, 4.69) is 0 Å². The minimum Gasteiger partial charge on any atom is -0.465 e. The molecule has 3 aromatic rings. The number of nitrogens with zero attached hydrogens (tertiary/aromatic N) is 3. The molecule has 2 aliphatic heterocycles. The normalized spacial score (nSPS) is 22.4. The zero-order valence-corrected chi connectivity index (χ0v) is 21.2. The number of thiophene rings is 1. The highest BCUT2D eigenvalue weighted by Crippen LogP contribution is 2.50. The van der Waals surface area contributed by atoms with Crippen molar-refractivity contribution in [3.63, 3.8) is 0 Å². The molecule has 3 aliphatic rings. The van der Waals surface area contributed by atoms with Gasteiger partial charge in [-0.1, -0.05) is 30.3 Å².